The van der Waals surface area contributed by atoms with E-state index in [9.17, 15) is 4.79 Å². The number of carbonyl (C=O) groups excluding carboxylic acids is 1. The zero-order valence-corrected chi connectivity index (χ0v) is 16.9. The van der Waals surface area contributed by atoms with Gasteiger partial charge >= 0.3 is 5.97 Å². The van der Waals surface area contributed by atoms with E-state index in [1.165, 1.54) is 0 Å². The third-order valence-corrected chi connectivity index (χ3v) is 5.46. The van der Waals surface area contributed by atoms with Gasteiger partial charge in [-0.3, -0.25) is 0 Å². The molecule has 142 valence electrons. The maximum atomic E-state index is 12.1. The van der Waals surface area contributed by atoms with Gasteiger partial charge in [0.15, 0.2) is 5.69 Å². The van der Waals surface area contributed by atoms with Crippen molar-refractivity contribution in [3.05, 3.63) is 29.7 Å². The summed E-state index contributed by atoms with van der Waals surface area (Å²) in [6.07, 6.45) is 5.45. The summed E-state index contributed by atoms with van der Waals surface area (Å²) in [6, 6.07) is 2.99. The number of rotatable bonds is 10. The van der Waals surface area contributed by atoms with Crippen LogP contribution in [-0.2, 0) is 20.7 Å². The number of H-pyrrole nitrogens is 1. The molecule has 2 rings (SSSR count). The molecule has 0 aliphatic heterocycles. The Hall–Kier alpha value is -2.19. The molecule has 0 radical (unpaired) electrons. The SMILES string of the molecule is CCOC(=O)c1ncc2[nH]ccc2c1C/C=N/OCOCC[Si](C)(C)C. The number of hydrogen-bond donors (Lipinski definition) is 1. The first-order chi connectivity index (χ1) is 12.4. The molecule has 2 aromatic heterocycles. The number of aromatic nitrogens is 2. The third kappa shape index (κ3) is 5.96. The van der Waals surface area contributed by atoms with E-state index in [-0.39, 0.29) is 6.79 Å². The Morgan fingerprint density at radius 3 is 2.92 bits per heavy atom. The van der Waals surface area contributed by atoms with Gasteiger partial charge in [0.1, 0.15) is 0 Å². The normalized spacial score (nSPS) is 12.0. The molecule has 0 aromatic carbocycles. The van der Waals surface area contributed by atoms with Gasteiger partial charge in [0, 0.05) is 44.5 Å². The molecular weight excluding hydrogens is 350 g/mol. The fourth-order valence-electron chi connectivity index (χ4n) is 2.36. The van der Waals surface area contributed by atoms with Crippen LogP contribution in [0.15, 0.2) is 23.6 Å². The molecule has 0 fully saturated rings. The molecule has 0 spiro atoms. The van der Waals surface area contributed by atoms with Gasteiger partial charge in [0.05, 0.1) is 18.3 Å². The zero-order chi connectivity index (χ0) is 19.0. The van der Waals surface area contributed by atoms with E-state index >= 15 is 0 Å². The molecule has 0 atom stereocenters. The van der Waals surface area contributed by atoms with Crippen molar-refractivity contribution in [1.82, 2.24) is 9.97 Å². The zero-order valence-electron chi connectivity index (χ0n) is 15.9. The standard InChI is InChI=1S/C18H27N3O4Si/c1-5-24-18(22)17-15(14-6-8-19-16(14)12-20-17)7-9-21-25-13-23-10-11-26(2,3)4/h6,8-9,12,19H,5,7,10-11,13H2,1-4H3/b21-9+. The van der Waals surface area contributed by atoms with Gasteiger partial charge in [-0.05, 0) is 19.0 Å². The first-order valence-corrected chi connectivity index (χ1v) is 12.5. The number of aromatic amines is 1. The van der Waals surface area contributed by atoms with E-state index in [4.69, 9.17) is 14.3 Å². The van der Waals surface area contributed by atoms with Crippen molar-refractivity contribution in [2.75, 3.05) is 20.0 Å². The monoisotopic (exact) mass is 377 g/mol. The molecule has 0 aliphatic carbocycles. The lowest BCUT2D eigenvalue weighted by molar-refractivity contribution is -0.0473. The number of oxime groups is 1. The number of esters is 1. The fourth-order valence-corrected chi connectivity index (χ4v) is 3.11. The summed E-state index contributed by atoms with van der Waals surface area (Å²) >= 11 is 0. The molecule has 0 saturated carbocycles. The lowest BCUT2D eigenvalue weighted by Gasteiger charge is -2.14. The summed E-state index contributed by atoms with van der Waals surface area (Å²) < 4.78 is 10.5. The average Bonchev–Trinajstić information content (AvgIpc) is 3.05. The van der Waals surface area contributed by atoms with Crippen LogP contribution >= 0.6 is 0 Å². The lowest BCUT2D eigenvalue weighted by atomic mass is 10.1. The summed E-state index contributed by atoms with van der Waals surface area (Å²) in [7, 11) is -1.09. The minimum atomic E-state index is -1.09. The van der Waals surface area contributed by atoms with Crippen LogP contribution in [0.2, 0.25) is 25.7 Å². The molecule has 1 N–H and O–H groups in total. The predicted octanol–water partition coefficient (Wildman–Crippen LogP) is 3.60. The van der Waals surface area contributed by atoms with Gasteiger partial charge in [0.25, 0.3) is 0 Å². The Morgan fingerprint density at radius 2 is 2.19 bits per heavy atom. The highest BCUT2D eigenvalue weighted by Crippen LogP contribution is 2.20. The van der Waals surface area contributed by atoms with Crippen LogP contribution < -0.4 is 0 Å². The van der Waals surface area contributed by atoms with Crippen LogP contribution in [0.5, 0.6) is 0 Å². The second kappa shape index (κ2) is 9.49. The van der Waals surface area contributed by atoms with Crippen molar-refractivity contribution in [3.63, 3.8) is 0 Å². The van der Waals surface area contributed by atoms with E-state index in [2.05, 4.69) is 34.8 Å². The molecule has 8 heteroatoms. The second-order valence-corrected chi connectivity index (χ2v) is 12.7. The maximum absolute atomic E-state index is 12.1. The molecule has 0 aliphatic rings. The first kappa shape index (κ1) is 20.1. The van der Waals surface area contributed by atoms with Crippen molar-refractivity contribution < 1.29 is 19.1 Å². The Labute approximate surface area is 154 Å². The number of pyridine rings is 1. The summed E-state index contributed by atoms with van der Waals surface area (Å²) in [5.74, 6) is -0.436. The minimum absolute atomic E-state index is 0.123. The molecule has 0 unspecified atom stereocenters. The smallest absolute Gasteiger partial charge is 0.357 e. The van der Waals surface area contributed by atoms with E-state index in [1.54, 1.807) is 19.3 Å². The van der Waals surface area contributed by atoms with Crippen molar-refractivity contribution >= 4 is 31.2 Å². The van der Waals surface area contributed by atoms with Crippen LogP contribution in [0.25, 0.3) is 10.9 Å². The van der Waals surface area contributed by atoms with Crippen molar-refractivity contribution in [3.8, 4) is 0 Å². The predicted molar refractivity (Wildman–Crippen MR) is 104 cm³/mol. The van der Waals surface area contributed by atoms with E-state index in [1.807, 2.05) is 12.3 Å². The molecule has 26 heavy (non-hydrogen) atoms. The van der Waals surface area contributed by atoms with Gasteiger partial charge in [-0.25, -0.2) is 9.78 Å². The maximum Gasteiger partial charge on any atom is 0.357 e. The number of hydrogen-bond acceptors (Lipinski definition) is 6. The van der Waals surface area contributed by atoms with E-state index < -0.39 is 14.0 Å². The number of nitrogens with zero attached hydrogens (tertiary/aromatic N) is 2. The number of carbonyl (C=O) groups is 1. The largest absolute Gasteiger partial charge is 0.461 e. The number of nitrogens with one attached hydrogen (secondary N) is 1. The first-order valence-electron chi connectivity index (χ1n) is 8.76. The third-order valence-electron chi connectivity index (χ3n) is 3.76. The number of fused-ring (bicyclic) bond motifs is 1. The van der Waals surface area contributed by atoms with E-state index in [0.29, 0.717) is 25.3 Å². The highest BCUT2D eigenvalue weighted by molar-refractivity contribution is 6.76. The minimum Gasteiger partial charge on any atom is -0.461 e. The van der Waals surface area contributed by atoms with Crippen LogP contribution in [0.4, 0.5) is 0 Å². The average molecular weight is 378 g/mol. The topological polar surface area (TPSA) is 85.8 Å². The molecule has 2 aromatic rings. The number of ether oxygens (including phenoxy) is 2. The Kier molecular flexibility index (Phi) is 7.34. The fraction of sp³-hybridized carbons (Fsp3) is 0.500. The molecule has 0 saturated heterocycles. The van der Waals surface area contributed by atoms with Crippen LogP contribution in [0.1, 0.15) is 23.0 Å². The van der Waals surface area contributed by atoms with Crippen LogP contribution in [0.3, 0.4) is 0 Å². The van der Waals surface area contributed by atoms with Gasteiger partial charge in [-0.2, -0.15) is 0 Å². The molecule has 2 heterocycles. The quantitative estimate of drug-likeness (QED) is 0.171. The Morgan fingerprint density at radius 1 is 1.38 bits per heavy atom. The van der Waals surface area contributed by atoms with Crippen molar-refractivity contribution in [2.24, 2.45) is 5.16 Å². The van der Waals surface area contributed by atoms with Gasteiger partial charge in [0.2, 0.25) is 6.79 Å². The van der Waals surface area contributed by atoms with Gasteiger partial charge in [-0.1, -0.05) is 24.8 Å². The van der Waals surface area contributed by atoms with Gasteiger partial charge < -0.3 is 19.3 Å². The molecular formula is C18H27N3O4Si. The summed E-state index contributed by atoms with van der Waals surface area (Å²) in [5, 5.41) is 4.83. The second-order valence-electron chi connectivity index (χ2n) is 7.07. The van der Waals surface area contributed by atoms with E-state index in [0.717, 1.165) is 22.5 Å². The van der Waals surface area contributed by atoms with Crippen molar-refractivity contribution in [1.29, 1.82) is 0 Å². The highest BCUT2D eigenvalue weighted by Gasteiger charge is 2.17. The Bertz CT molecular complexity index is 752. The highest BCUT2D eigenvalue weighted by atomic mass is 28.3. The van der Waals surface area contributed by atoms with Crippen molar-refractivity contribution in [2.45, 2.75) is 39.0 Å². The molecule has 0 amide bonds. The van der Waals surface area contributed by atoms with Crippen LogP contribution in [-0.4, -0.2) is 50.2 Å². The molecule has 0 bridgehead atoms. The van der Waals surface area contributed by atoms with Gasteiger partial charge in [-0.15, -0.1) is 0 Å². The molecule has 7 nitrogen and oxygen atoms in total. The van der Waals surface area contributed by atoms with Crippen LogP contribution in [0, 0.1) is 0 Å². The summed E-state index contributed by atoms with van der Waals surface area (Å²) in [6.45, 7) is 9.77. The lowest BCUT2D eigenvalue weighted by Crippen LogP contribution is -2.21. The summed E-state index contributed by atoms with van der Waals surface area (Å²) in [5.41, 5.74) is 1.92. The Balaban J connectivity index is 1.93. The summed E-state index contributed by atoms with van der Waals surface area (Å²) in [4.78, 5) is 24.6.